The fraction of sp³-hybridized carbons (Fsp3) is 0.400. The number of rotatable bonds is 5. The van der Waals surface area contributed by atoms with E-state index in [-0.39, 0.29) is 0 Å². The second kappa shape index (κ2) is 5.83. The Hall–Kier alpha value is -1.61. The predicted molar refractivity (Wildman–Crippen MR) is 78.1 cm³/mol. The monoisotopic (exact) mass is 243 g/mol. The van der Waals surface area contributed by atoms with E-state index >= 15 is 0 Å². The third-order valence-corrected chi connectivity index (χ3v) is 3.17. The quantitative estimate of drug-likeness (QED) is 0.875. The van der Waals surface area contributed by atoms with Crippen molar-refractivity contribution < 1.29 is 0 Å². The molecule has 0 amide bonds. The summed E-state index contributed by atoms with van der Waals surface area (Å²) in [6.45, 7) is 7.01. The standard InChI is InChI=1S/C15H21N3/c1-4-16-11-13-10-12-8-6-7-9-14(12)15(17-13)18(3)5-2/h6-10,16H,4-5,11H2,1-3H3. The van der Waals surface area contributed by atoms with Crippen molar-refractivity contribution in [1.29, 1.82) is 0 Å². The zero-order valence-electron chi connectivity index (χ0n) is 11.4. The van der Waals surface area contributed by atoms with Gasteiger partial charge in [0.05, 0.1) is 5.69 Å². The van der Waals surface area contributed by atoms with Crippen LogP contribution < -0.4 is 10.2 Å². The third-order valence-electron chi connectivity index (χ3n) is 3.17. The molecule has 2 rings (SSSR count). The van der Waals surface area contributed by atoms with Gasteiger partial charge in [-0.15, -0.1) is 0 Å². The van der Waals surface area contributed by atoms with Crippen molar-refractivity contribution in [2.45, 2.75) is 20.4 Å². The van der Waals surface area contributed by atoms with Gasteiger partial charge in [0, 0.05) is 25.5 Å². The minimum atomic E-state index is 0.825. The first-order valence-corrected chi connectivity index (χ1v) is 6.56. The molecular formula is C15H21N3. The van der Waals surface area contributed by atoms with Crippen LogP contribution in [0.2, 0.25) is 0 Å². The third kappa shape index (κ3) is 2.62. The molecule has 0 aliphatic heterocycles. The van der Waals surface area contributed by atoms with Gasteiger partial charge in [0.25, 0.3) is 0 Å². The van der Waals surface area contributed by atoms with Gasteiger partial charge in [0.15, 0.2) is 0 Å². The van der Waals surface area contributed by atoms with Gasteiger partial charge < -0.3 is 10.2 Å². The van der Waals surface area contributed by atoms with Gasteiger partial charge >= 0.3 is 0 Å². The molecule has 1 aromatic carbocycles. The molecule has 0 aliphatic rings. The summed E-state index contributed by atoms with van der Waals surface area (Å²) in [7, 11) is 2.09. The summed E-state index contributed by atoms with van der Waals surface area (Å²) >= 11 is 0. The number of pyridine rings is 1. The minimum Gasteiger partial charge on any atom is -0.359 e. The van der Waals surface area contributed by atoms with Crippen LogP contribution in [0.15, 0.2) is 30.3 Å². The van der Waals surface area contributed by atoms with Crippen LogP contribution in [0.3, 0.4) is 0 Å². The lowest BCUT2D eigenvalue weighted by Gasteiger charge is -2.19. The number of fused-ring (bicyclic) bond motifs is 1. The van der Waals surface area contributed by atoms with Crippen LogP contribution in [0.4, 0.5) is 5.82 Å². The summed E-state index contributed by atoms with van der Waals surface area (Å²) in [5.74, 6) is 1.07. The van der Waals surface area contributed by atoms with Crippen LogP contribution >= 0.6 is 0 Å². The van der Waals surface area contributed by atoms with Gasteiger partial charge in [-0.05, 0) is 24.9 Å². The van der Waals surface area contributed by atoms with Crippen LogP contribution in [-0.4, -0.2) is 25.1 Å². The second-order valence-electron chi connectivity index (χ2n) is 4.45. The van der Waals surface area contributed by atoms with Crippen LogP contribution in [0.5, 0.6) is 0 Å². The smallest absolute Gasteiger partial charge is 0.136 e. The molecule has 0 spiro atoms. The number of anilines is 1. The Kier molecular flexibility index (Phi) is 4.15. The van der Waals surface area contributed by atoms with Crippen molar-refractivity contribution >= 4 is 16.6 Å². The minimum absolute atomic E-state index is 0.825. The lowest BCUT2D eigenvalue weighted by molar-refractivity contribution is 0.710. The molecule has 2 aromatic rings. The normalized spacial score (nSPS) is 10.8. The van der Waals surface area contributed by atoms with E-state index in [2.05, 4.69) is 61.4 Å². The van der Waals surface area contributed by atoms with Crippen molar-refractivity contribution in [2.75, 3.05) is 25.0 Å². The molecule has 0 fully saturated rings. The van der Waals surface area contributed by atoms with Gasteiger partial charge in [-0.2, -0.15) is 0 Å². The van der Waals surface area contributed by atoms with Crippen LogP contribution in [0.25, 0.3) is 10.8 Å². The van der Waals surface area contributed by atoms with Crippen molar-refractivity contribution in [3.8, 4) is 0 Å². The Morgan fingerprint density at radius 1 is 1.22 bits per heavy atom. The molecule has 0 unspecified atom stereocenters. The molecule has 0 bridgehead atoms. The summed E-state index contributed by atoms with van der Waals surface area (Å²) in [5.41, 5.74) is 1.10. The first-order chi connectivity index (χ1) is 8.76. The van der Waals surface area contributed by atoms with E-state index in [9.17, 15) is 0 Å². The Balaban J connectivity index is 2.50. The topological polar surface area (TPSA) is 28.2 Å². The highest BCUT2D eigenvalue weighted by Crippen LogP contribution is 2.24. The van der Waals surface area contributed by atoms with Gasteiger partial charge in [-0.1, -0.05) is 31.2 Å². The number of hydrogen-bond donors (Lipinski definition) is 1. The molecule has 1 heterocycles. The Morgan fingerprint density at radius 3 is 2.72 bits per heavy atom. The summed E-state index contributed by atoms with van der Waals surface area (Å²) in [6, 6.07) is 10.6. The molecule has 96 valence electrons. The van der Waals surface area contributed by atoms with E-state index in [1.54, 1.807) is 0 Å². The Bertz CT molecular complexity index is 522. The summed E-state index contributed by atoms with van der Waals surface area (Å²) in [5, 5.41) is 5.82. The highest BCUT2D eigenvalue weighted by molar-refractivity contribution is 5.92. The van der Waals surface area contributed by atoms with Crippen molar-refractivity contribution in [3.05, 3.63) is 36.0 Å². The lowest BCUT2D eigenvalue weighted by atomic mass is 10.1. The van der Waals surface area contributed by atoms with Gasteiger partial charge in [0.1, 0.15) is 5.82 Å². The fourth-order valence-corrected chi connectivity index (χ4v) is 2.02. The number of benzene rings is 1. The first kappa shape index (κ1) is 12.8. The summed E-state index contributed by atoms with van der Waals surface area (Å²) < 4.78 is 0. The Morgan fingerprint density at radius 2 is 2.00 bits per heavy atom. The molecule has 3 nitrogen and oxygen atoms in total. The molecule has 18 heavy (non-hydrogen) atoms. The van der Waals surface area contributed by atoms with Gasteiger partial charge in [-0.3, -0.25) is 0 Å². The van der Waals surface area contributed by atoms with Crippen LogP contribution in [-0.2, 0) is 6.54 Å². The number of aromatic nitrogens is 1. The molecule has 1 aromatic heterocycles. The SMILES string of the molecule is CCNCc1cc2ccccc2c(N(C)CC)n1. The van der Waals surface area contributed by atoms with Crippen molar-refractivity contribution in [3.63, 3.8) is 0 Å². The molecule has 0 radical (unpaired) electrons. The van der Waals surface area contributed by atoms with Crippen LogP contribution in [0, 0.1) is 0 Å². The molecular weight excluding hydrogens is 222 g/mol. The summed E-state index contributed by atoms with van der Waals surface area (Å²) in [4.78, 5) is 6.96. The highest BCUT2D eigenvalue weighted by Gasteiger charge is 2.08. The van der Waals surface area contributed by atoms with E-state index in [0.717, 1.165) is 31.1 Å². The Labute approximate surface area is 109 Å². The van der Waals surface area contributed by atoms with Crippen molar-refractivity contribution in [2.24, 2.45) is 0 Å². The molecule has 0 saturated carbocycles. The average molecular weight is 243 g/mol. The van der Waals surface area contributed by atoms with Crippen molar-refractivity contribution in [1.82, 2.24) is 10.3 Å². The molecule has 3 heteroatoms. The van der Waals surface area contributed by atoms with Crippen LogP contribution in [0.1, 0.15) is 19.5 Å². The van der Waals surface area contributed by atoms with E-state index in [0.29, 0.717) is 0 Å². The van der Waals surface area contributed by atoms with E-state index in [1.807, 2.05) is 0 Å². The van der Waals surface area contributed by atoms with E-state index in [4.69, 9.17) is 4.98 Å². The first-order valence-electron chi connectivity index (χ1n) is 6.56. The van der Waals surface area contributed by atoms with Gasteiger partial charge in [-0.25, -0.2) is 4.98 Å². The average Bonchev–Trinajstić information content (AvgIpc) is 2.43. The zero-order valence-corrected chi connectivity index (χ0v) is 11.4. The van der Waals surface area contributed by atoms with Gasteiger partial charge in [0.2, 0.25) is 0 Å². The molecule has 0 aliphatic carbocycles. The highest BCUT2D eigenvalue weighted by atomic mass is 15.2. The maximum atomic E-state index is 4.77. The van der Waals surface area contributed by atoms with E-state index < -0.39 is 0 Å². The lowest BCUT2D eigenvalue weighted by Crippen LogP contribution is -2.19. The molecule has 1 N–H and O–H groups in total. The molecule has 0 saturated heterocycles. The molecule has 0 atom stereocenters. The number of nitrogens with zero attached hydrogens (tertiary/aromatic N) is 2. The number of hydrogen-bond acceptors (Lipinski definition) is 3. The van der Waals surface area contributed by atoms with E-state index in [1.165, 1.54) is 10.8 Å². The zero-order chi connectivity index (χ0) is 13.0. The fourth-order valence-electron chi connectivity index (χ4n) is 2.02. The summed E-state index contributed by atoms with van der Waals surface area (Å²) in [6.07, 6.45) is 0. The number of nitrogens with one attached hydrogen (secondary N) is 1. The second-order valence-corrected chi connectivity index (χ2v) is 4.45. The largest absolute Gasteiger partial charge is 0.359 e. The maximum Gasteiger partial charge on any atom is 0.136 e. The predicted octanol–water partition coefficient (Wildman–Crippen LogP) is 2.80. The maximum absolute atomic E-state index is 4.77.